The fourth-order valence-electron chi connectivity index (χ4n) is 2.72. The Labute approximate surface area is 143 Å². The number of amides is 1. The summed E-state index contributed by atoms with van der Waals surface area (Å²) in [6, 6.07) is 13.3. The highest BCUT2D eigenvalue weighted by Crippen LogP contribution is 2.29. The molecule has 0 atom stereocenters. The van der Waals surface area contributed by atoms with E-state index in [0.717, 1.165) is 28.0 Å². The summed E-state index contributed by atoms with van der Waals surface area (Å²) in [5.74, 6) is -0.113. The van der Waals surface area contributed by atoms with Crippen molar-refractivity contribution in [1.29, 1.82) is 0 Å². The average molecular weight is 407 g/mol. The van der Waals surface area contributed by atoms with Gasteiger partial charge in [-0.15, -0.1) is 0 Å². The van der Waals surface area contributed by atoms with Crippen LogP contribution in [0.1, 0.15) is 23.2 Å². The van der Waals surface area contributed by atoms with Gasteiger partial charge in [-0.25, -0.2) is 0 Å². The van der Waals surface area contributed by atoms with Gasteiger partial charge in [-0.05, 0) is 65.8 Å². The predicted octanol–water partition coefficient (Wildman–Crippen LogP) is 3.73. The van der Waals surface area contributed by atoms with Gasteiger partial charge in [0.15, 0.2) is 0 Å². The Morgan fingerprint density at radius 3 is 2.55 bits per heavy atom. The van der Waals surface area contributed by atoms with Gasteiger partial charge in [0.25, 0.3) is 5.91 Å². The minimum Gasteiger partial charge on any atom is -0.397 e. The van der Waals surface area contributed by atoms with Crippen molar-refractivity contribution in [2.45, 2.75) is 12.8 Å². The van der Waals surface area contributed by atoms with Crippen LogP contribution in [-0.4, -0.2) is 19.0 Å². The molecule has 0 unspecified atom stereocenters. The third-order valence-electron chi connectivity index (χ3n) is 3.85. The summed E-state index contributed by atoms with van der Waals surface area (Å²) in [6.07, 6.45) is 2.43. The van der Waals surface area contributed by atoms with Crippen LogP contribution >= 0.6 is 22.6 Å². The van der Waals surface area contributed by atoms with E-state index in [4.69, 9.17) is 5.73 Å². The SMILES string of the molecule is Nc1cc(NC(=O)c2ccccc2I)ccc1N1CCCC1. The maximum Gasteiger partial charge on any atom is 0.256 e. The lowest BCUT2D eigenvalue weighted by Gasteiger charge is -2.20. The van der Waals surface area contributed by atoms with Gasteiger partial charge in [-0.1, -0.05) is 12.1 Å². The number of benzene rings is 2. The Balaban J connectivity index is 1.77. The third kappa shape index (κ3) is 3.19. The molecule has 0 saturated carbocycles. The summed E-state index contributed by atoms with van der Waals surface area (Å²) in [5, 5.41) is 2.92. The molecule has 3 N–H and O–H groups in total. The molecule has 1 fully saturated rings. The number of nitrogens with two attached hydrogens (primary N) is 1. The summed E-state index contributed by atoms with van der Waals surface area (Å²) >= 11 is 2.16. The van der Waals surface area contributed by atoms with Gasteiger partial charge in [-0.2, -0.15) is 0 Å². The smallest absolute Gasteiger partial charge is 0.256 e. The molecular weight excluding hydrogens is 389 g/mol. The molecule has 0 bridgehead atoms. The van der Waals surface area contributed by atoms with Crippen molar-refractivity contribution in [3.8, 4) is 0 Å². The maximum absolute atomic E-state index is 12.3. The second kappa shape index (κ2) is 6.56. The van der Waals surface area contributed by atoms with Crippen LogP contribution in [0.25, 0.3) is 0 Å². The molecule has 4 nitrogen and oxygen atoms in total. The molecule has 3 rings (SSSR count). The highest BCUT2D eigenvalue weighted by atomic mass is 127. The van der Waals surface area contributed by atoms with E-state index in [2.05, 4.69) is 32.8 Å². The van der Waals surface area contributed by atoms with Crippen molar-refractivity contribution in [3.05, 3.63) is 51.6 Å². The van der Waals surface area contributed by atoms with Gasteiger partial charge in [-0.3, -0.25) is 4.79 Å². The van der Waals surface area contributed by atoms with Gasteiger partial charge in [0, 0.05) is 22.3 Å². The predicted molar refractivity (Wildman–Crippen MR) is 99.4 cm³/mol. The van der Waals surface area contributed by atoms with Crippen LogP contribution in [0.4, 0.5) is 17.1 Å². The first-order valence-corrected chi connectivity index (χ1v) is 8.43. The largest absolute Gasteiger partial charge is 0.397 e. The lowest BCUT2D eigenvalue weighted by atomic mass is 10.2. The molecule has 1 aliphatic rings. The van der Waals surface area contributed by atoms with E-state index in [9.17, 15) is 4.79 Å². The zero-order chi connectivity index (χ0) is 15.5. The van der Waals surface area contributed by atoms with Gasteiger partial charge in [0.1, 0.15) is 0 Å². The number of carbonyl (C=O) groups is 1. The van der Waals surface area contributed by atoms with E-state index in [0.29, 0.717) is 11.3 Å². The van der Waals surface area contributed by atoms with Crippen LogP contribution in [0.2, 0.25) is 0 Å². The van der Waals surface area contributed by atoms with Crippen LogP contribution in [0, 0.1) is 3.57 Å². The quantitative estimate of drug-likeness (QED) is 0.602. The fraction of sp³-hybridized carbons (Fsp3) is 0.235. The van der Waals surface area contributed by atoms with E-state index in [1.54, 1.807) is 0 Å². The maximum atomic E-state index is 12.3. The number of nitrogens with one attached hydrogen (secondary N) is 1. The van der Waals surface area contributed by atoms with Crippen LogP contribution < -0.4 is 16.0 Å². The first-order chi connectivity index (χ1) is 10.6. The van der Waals surface area contributed by atoms with Crippen LogP contribution in [0.15, 0.2) is 42.5 Å². The molecule has 2 aromatic rings. The molecule has 114 valence electrons. The Morgan fingerprint density at radius 2 is 1.86 bits per heavy atom. The lowest BCUT2D eigenvalue weighted by molar-refractivity contribution is 0.102. The molecule has 0 radical (unpaired) electrons. The number of hydrogen-bond donors (Lipinski definition) is 2. The molecule has 1 aliphatic heterocycles. The summed E-state index contributed by atoms with van der Waals surface area (Å²) in [4.78, 5) is 14.6. The monoisotopic (exact) mass is 407 g/mol. The number of rotatable bonds is 3. The van der Waals surface area contributed by atoms with Crippen molar-refractivity contribution in [3.63, 3.8) is 0 Å². The van der Waals surface area contributed by atoms with Crippen molar-refractivity contribution in [1.82, 2.24) is 0 Å². The average Bonchev–Trinajstić information content (AvgIpc) is 3.01. The molecule has 1 amide bonds. The molecule has 0 aliphatic carbocycles. The van der Waals surface area contributed by atoms with Gasteiger partial charge >= 0.3 is 0 Å². The molecule has 0 aromatic heterocycles. The second-order valence-electron chi connectivity index (χ2n) is 5.40. The number of nitrogen functional groups attached to an aromatic ring is 1. The van der Waals surface area contributed by atoms with Crippen molar-refractivity contribution in [2.24, 2.45) is 0 Å². The number of hydrogen-bond acceptors (Lipinski definition) is 3. The van der Waals surface area contributed by atoms with E-state index in [-0.39, 0.29) is 5.91 Å². The number of anilines is 3. The molecular formula is C17H18IN3O. The van der Waals surface area contributed by atoms with E-state index >= 15 is 0 Å². The first-order valence-electron chi connectivity index (χ1n) is 7.35. The van der Waals surface area contributed by atoms with Crippen molar-refractivity contribution < 1.29 is 4.79 Å². The lowest BCUT2D eigenvalue weighted by Crippen LogP contribution is -2.19. The number of halogens is 1. The topological polar surface area (TPSA) is 58.4 Å². The minimum absolute atomic E-state index is 0.113. The van der Waals surface area contributed by atoms with E-state index in [1.807, 2.05) is 42.5 Å². The first kappa shape index (κ1) is 15.1. The van der Waals surface area contributed by atoms with Gasteiger partial charge in [0.2, 0.25) is 0 Å². The Kier molecular flexibility index (Phi) is 4.52. The summed E-state index contributed by atoms with van der Waals surface area (Å²) in [7, 11) is 0. The number of nitrogens with zero attached hydrogens (tertiary/aromatic N) is 1. The summed E-state index contributed by atoms with van der Waals surface area (Å²) in [5.41, 5.74) is 9.32. The fourth-order valence-corrected chi connectivity index (χ4v) is 3.35. The Hall–Kier alpha value is -1.76. The van der Waals surface area contributed by atoms with Crippen molar-refractivity contribution >= 4 is 45.6 Å². The van der Waals surface area contributed by atoms with Gasteiger partial charge < -0.3 is 16.0 Å². The molecule has 2 aromatic carbocycles. The molecule has 1 saturated heterocycles. The molecule has 5 heteroatoms. The zero-order valence-electron chi connectivity index (χ0n) is 12.2. The highest BCUT2D eigenvalue weighted by molar-refractivity contribution is 14.1. The zero-order valence-corrected chi connectivity index (χ0v) is 14.3. The van der Waals surface area contributed by atoms with Crippen LogP contribution in [0.3, 0.4) is 0 Å². The Bertz CT molecular complexity index is 696. The number of carbonyl (C=O) groups excluding carboxylic acids is 1. The van der Waals surface area contributed by atoms with Gasteiger partial charge in [0.05, 0.1) is 16.9 Å². The minimum atomic E-state index is -0.113. The van der Waals surface area contributed by atoms with E-state index < -0.39 is 0 Å². The van der Waals surface area contributed by atoms with E-state index in [1.165, 1.54) is 12.8 Å². The molecule has 1 heterocycles. The highest BCUT2D eigenvalue weighted by Gasteiger charge is 2.15. The third-order valence-corrected chi connectivity index (χ3v) is 4.79. The van der Waals surface area contributed by atoms with Crippen LogP contribution in [-0.2, 0) is 0 Å². The molecule has 0 spiro atoms. The summed E-state index contributed by atoms with van der Waals surface area (Å²) < 4.78 is 0.930. The normalized spacial score (nSPS) is 14.1. The van der Waals surface area contributed by atoms with Crippen molar-refractivity contribution in [2.75, 3.05) is 29.0 Å². The Morgan fingerprint density at radius 1 is 1.14 bits per heavy atom. The molecule has 22 heavy (non-hydrogen) atoms. The second-order valence-corrected chi connectivity index (χ2v) is 6.56. The standard InChI is InChI=1S/C17H18IN3O/c18-14-6-2-1-5-13(14)17(22)20-12-7-8-16(15(19)11-12)21-9-3-4-10-21/h1-2,5-8,11H,3-4,9-10,19H2,(H,20,22). The summed E-state index contributed by atoms with van der Waals surface area (Å²) in [6.45, 7) is 2.11. The van der Waals surface area contributed by atoms with Crippen LogP contribution in [0.5, 0.6) is 0 Å².